The molecule has 2 aliphatic rings. The lowest BCUT2D eigenvalue weighted by Crippen LogP contribution is -2.26. The Labute approximate surface area is 95.7 Å². The lowest BCUT2D eigenvalue weighted by atomic mass is 9.95. The number of hydrogen-bond acceptors (Lipinski definition) is 3. The molecule has 0 spiro atoms. The average Bonchev–Trinajstić information content (AvgIpc) is 2.76. The number of fused-ring (bicyclic) bond motifs is 1. The van der Waals surface area contributed by atoms with Crippen molar-refractivity contribution in [1.82, 2.24) is 14.9 Å². The number of nitrogens with zero attached hydrogens (tertiary/aromatic N) is 2. The minimum atomic E-state index is -0.341. The maximum atomic E-state index is 9.88. The number of aryl methyl sites for hydroxylation is 1. The molecule has 0 saturated carbocycles. The van der Waals surface area contributed by atoms with Crippen LogP contribution in [-0.2, 0) is 6.42 Å². The minimum absolute atomic E-state index is 0.341. The highest BCUT2D eigenvalue weighted by Gasteiger charge is 2.23. The summed E-state index contributed by atoms with van der Waals surface area (Å²) in [4.78, 5) is 4.70. The smallest absolute Gasteiger partial charge is 0.131 e. The molecule has 16 heavy (non-hydrogen) atoms. The highest BCUT2D eigenvalue weighted by molar-refractivity contribution is 5.12. The van der Waals surface area contributed by atoms with Crippen LogP contribution in [0.4, 0.5) is 0 Å². The van der Waals surface area contributed by atoms with Gasteiger partial charge in [-0.25, -0.2) is 4.98 Å². The van der Waals surface area contributed by atoms with Crippen LogP contribution in [0.15, 0.2) is 6.20 Å². The number of rotatable bonds is 1. The molecule has 1 saturated heterocycles. The number of aliphatic hydroxyl groups is 1. The molecule has 3 rings (SSSR count). The number of piperidine rings is 1. The van der Waals surface area contributed by atoms with Crippen molar-refractivity contribution in [2.24, 2.45) is 0 Å². The average molecular weight is 221 g/mol. The number of nitrogens with one attached hydrogen (secondary N) is 1. The van der Waals surface area contributed by atoms with Gasteiger partial charge in [-0.05, 0) is 38.8 Å². The lowest BCUT2D eigenvalue weighted by Gasteiger charge is -2.20. The van der Waals surface area contributed by atoms with Crippen molar-refractivity contribution in [3.05, 3.63) is 17.7 Å². The van der Waals surface area contributed by atoms with Crippen molar-refractivity contribution >= 4 is 0 Å². The van der Waals surface area contributed by atoms with Crippen molar-refractivity contribution < 1.29 is 5.11 Å². The van der Waals surface area contributed by atoms with E-state index < -0.39 is 0 Å². The van der Waals surface area contributed by atoms with Crippen LogP contribution in [0.2, 0.25) is 0 Å². The molecule has 2 N–H and O–H groups in total. The monoisotopic (exact) mass is 221 g/mol. The van der Waals surface area contributed by atoms with Gasteiger partial charge in [0.2, 0.25) is 0 Å². The standard InChI is InChI=1S/C12H19N3O/c16-12-3-1-2-11-14-10(8-15(11)12)9-4-6-13-7-5-9/h8-9,12-13,16H,1-7H2. The van der Waals surface area contributed by atoms with Gasteiger partial charge in [0.1, 0.15) is 12.1 Å². The lowest BCUT2D eigenvalue weighted by molar-refractivity contribution is 0.0780. The molecule has 4 heteroatoms. The molecule has 4 nitrogen and oxygen atoms in total. The molecule has 88 valence electrons. The fourth-order valence-corrected chi connectivity index (χ4v) is 2.79. The maximum absolute atomic E-state index is 9.88. The van der Waals surface area contributed by atoms with E-state index in [1.165, 1.54) is 18.5 Å². The van der Waals surface area contributed by atoms with E-state index in [9.17, 15) is 5.11 Å². The third-order valence-corrected chi connectivity index (χ3v) is 3.77. The summed E-state index contributed by atoms with van der Waals surface area (Å²) in [5.74, 6) is 1.67. The van der Waals surface area contributed by atoms with Gasteiger partial charge >= 0.3 is 0 Å². The SMILES string of the molecule is OC1CCCc2nc(C3CCNCC3)cn21. The van der Waals surface area contributed by atoms with E-state index in [0.29, 0.717) is 5.92 Å². The van der Waals surface area contributed by atoms with E-state index >= 15 is 0 Å². The Bertz CT molecular complexity index is 368. The normalized spacial score (nSPS) is 26.7. The Morgan fingerprint density at radius 2 is 2.12 bits per heavy atom. The Morgan fingerprint density at radius 3 is 2.88 bits per heavy atom. The number of hydrogen-bond donors (Lipinski definition) is 2. The van der Waals surface area contributed by atoms with Crippen molar-refractivity contribution in [2.45, 2.75) is 44.2 Å². The molecule has 0 radical (unpaired) electrons. The summed E-state index contributed by atoms with van der Waals surface area (Å²) in [6.45, 7) is 2.19. The molecular formula is C12H19N3O. The fourth-order valence-electron chi connectivity index (χ4n) is 2.79. The van der Waals surface area contributed by atoms with Crippen LogP contribution in [-0.4, -0.2) is 27.7 Å². The van der Waals surface area contributed by atoms with E-state index in [-0.39, 0.29) is 6.23 Å². The van der Waals surface area contributed by atoms with E-state index in [0.717, 1.165) is 38.2 Å². The Kier molecular flexibility index (Phi) is 2.69. The van der Waals surface area contributed by atoms with E-state index in [4.69, 9.17) is 4.98 Å². The number of imidazole rings is 1. The van der Waals surface area contributed by atoms with Crippen LogP contribution in [0.5, 0.6) is 0 Å². The highest BCUT2D eigenvalue weighted by atomic mass is 16.3. The second kappa shape index (κ2) is 4.18. The number of aliphatic hydroxyl groups excluding tert-OH is 1. The van der Waals surface area contributed by atoms with Crippen LogP contribution in [0.25, 0.3) is 0 Å². The van der Waals surface area contributed by atoms with Crippen molar-refractivity contribution in [3.63, 3.8) is 0 Å². The van der Waals surface area contributed by atoms with Crippen molar-refractivity contribution in [3.8, 4) is 0 Å². The van der Waals surface area contributed by atoms with Crippen molar-refractivity contribution in [2.75, 3.05) is 13.1 Å². The zero-order chi connectivity index (χ0) is 11.0. The quantitative estimate of drug-likeness (QED) is 0.748. The first kappa shape index (κ1) is 10.3. The molecule has 1 unspecified atom stereocenters. The fraction of sp³-hybridized carbons (Fsp3) is 0.750. The topological polar surface area (TPSA) is 50.1 Å². The van der Waals surface area contributed by atoms with Gasteiger partial charge in [-0.1, -0.05) is 0 Å². The minimum Gasteiger partial charge on any atom is -0.373 e. The predicted octanol–water partition coefficient (Wildman–Crippen LogP) is 1.18. The molecule has 1 aromatic rings. The molecule has 0 aliphatic carbocycles. The first-order valence-electron chi connectivity index (χ1n) is 6.31. The van der Waals surface area contributed by atoms with Gasteiger partial charge in [0.25, 0.3) is 0 Å². The summed E-state index contributed by atoms with van der Waals surface area (Å²) >= 11 is 0. The van der Waals surface area contributed by atoms with Crippen LogP contribution in [0.1, 0.15) is 49.3 Å². The maximum Gasteiger partial charge on any atom is 0.131 e. The van der Waals surface area contributed by atoms with Gasteiger partial charge < -0.3 is 15.0 Å². The third kappa shape index (κ3) is 1.76. The Balaban J connectivity index is 1.85. The van der Waals surface area contributed by atoms with Crippen LogP contribution in [0.3, 0.4) is 0 Å². The second-order valence-electron chi connectivity index (χ2n) is 4.89. The van der Waals surface area contributed by atoms with Gasteiger partial charge in [0.05, 0.1) is 5.69 Å². The van der Waals surface area contributed by atoms with Crippen molar-refractivity contribution in [1.29, 1.82) is 0 Å². The summed E-state index contributed by atoms with van der Waals surface area (Å²) in [7, 11) is 0. The Morgan fingerprint density at radius 1 is 1.31 bits per heavy atom. The van der Waals surface area contributed by atoms with Crippen LogP contribution < -0.4 is 5.32 Å². The van der Waals surface area contributed by atoms with E-state index in [1.54, 1.807) is 0 Å². The zero-order valence-electron chi connectivity index (χ0n) is 9.52. The van der Waals surface area contributed by atoms with Gasteiger partial charge in [-0.2, -0.15) is 0 Å². The van der Waals surface area contributed by atoms with Gasteiger partial charge in [0, 0.05) is 18.5 Å². The molecule has 2 aliphatic heterocycles. The van der Waals surface area contributed by atoms with Gasteiger partial charge in [-0.15, -0.1) is 0 Å². The van der Waals surface area contributed by atoms with Crippen LogP contribution >= 0.6 is 0 Å². The highest BCUT2D eigenvalue weighted by Crippen LogP contribution is 2.29. The van der Waals surface area contributed by atoms with Gasteiger partial charge in [-0.3, -0.25) is 0 Å². The molecule has 0 bridgehead atoms. The summed E-state index contributed by atoms with van der Waals surface area (Å²) in [6.07, 6.45) is 7.03. The molecule has 3 heterocycles. The zero-order valence-corrected chi connectivity index (χ0v) is 9.52. The van der Waals surface area contributed by atoms with E-state index in [2.05, 4.69) is 11.5 Å². The molecule has 0 aromatic carbocycles. The predicted molar refractivity (Wildman–Crippen MR) is 61.3 cm³/mol. The van der Waals surface area contributed by atoms with Gasteiger partial charge in [0.15, 0.2) is 0 Å². The largest absolute Gasteiger partial charge is 0.373 e. The summed E-state index contributed by atoms with van der Waals surface area (Å²) in [6, 6.07) is 0. The third-order valence-electron chi connectivity index (χ3n) is 3.77. The molecule has 1 atom stereocenters. The summed E-state index contributed by atoms with van der Waals surface area (Å²) in [5, 5.41) is 13.3. The van der Waals surface area contributed by atoms with E-state index in [1.807, 2.05) is 4.57 Å². The Hall–Kier alpha value is -0.870. The molecule has 1 aromatic heterocycles. The first-order chi connectivity index (χ1) is 7.84. The summed E-state index contributed by atoms with van der Waals surface area (Å²) < 4.78 is 1.97. The molecule has 1 fully saturated rings. The summed E-state index contributed by atoms with van der Waals surface area (Å²) in [5.41, 5.74) is 1.19. The van der Waals surface area contributed by atoms with Crippen LogP contribution in [0, 0.1) is 0 Å². The first-order valence-corrected chi connectivity index (χ1v) is 6.31. The molecule has 0 amide bonds. The number of aromatic nitrogens is 2. The molecular weight excluding hydrogens is 202 g/mol. The second-order valence-corrected chi connectivity index (χ2v) is 4.89.